The molecule has 0 saturated carbocycles. The lowest BCUT2D eigenvalue weighted by Gasteiger charge is -2.07. The van der Waals surface area contributed by atoms with Gasteiger partial charge in [-0.25, -0.2) is 0 Å². The summed E-state index contributed by atoms with van der Waals surface area (Å²) in [7, 11) is 0. The Kier molecular flexibility index (Phi) is 4.37. The van der Waals surface area contributed by atoms with Crippen LogP contribution in [0.2, 0.25) is 0 Å². The minimum Gasteiger partial charge on any atom is -0.352 e. The number of nitrogens with one attached hydrogen (secondary N) is 3. The molecule has 0 atom stereocenters. The van der Waals surface area contributed by atoms with Crippen LogP contribution in [0.5, 0.6) is 0 Å². The fraction of sp³-hybridized carbons (Fsp3) is 0.267. The summed E-state index contributed by atoms with van der Waals surface area (Å²) in [4.78, 5) is 24.0. The van der Waals surface area contributed by atoms with Crippen LogP contribution in [-0.4, -0.2) is 28.6 Å². The second kappa shape index (κ2) is 6.21. The molecular weight excluding hydrogens is 268 g/mol. The maximum absolute atomic E-state index is 12.3. The van der Waals surface area contributed by atoms with Crippen LogP contribution in [0.25, 0.3) is 0 Å². The standard InChI is InChI=1S/C15H18N4O2/c1-4-16-14(20)11-6-5-7-12(8-11)17-15(21)13-9(2)18-19-10(13)3/h5-8H,4H2,1-3H3,(H,16,20)(H,17,21)(H,18,19). The van der Waals surface area contributed by atoms with E-state index in [-0.39, 0.29) is 11.8 Å². The molecule has 0 spiro atoms. The Bertz CT molecular complexity index is 657. The van der Waals surface area contributed by atoms with Gasteiger partial charge in [0.15, 0.2) is 0 Å². The van der Waals surface area contributed by atoms with Crippen LogP contribution in [0, 0.1) is 13.8 Å². The number of aromatic amines is 1. The number of hydrogen-bond donors (Lipinski definition) is 3. The molecule has 0 radical (unpaired) electrons. The van der Waals surface area contributed by atoms with E-state index in [1.807, 2.05) is 6.92 Å². The smallest absolute Gasteiger partial charge is 0.259 e. The molecule has 3 N–H and O–H groups in total. The highest BCUT2D eigenvalue weighted by Crippen LogP contribution is 2.15. The predicted molar refractivity (Wildman–Crippen MR) is 80.5 cm³/mol. The zero-order valence-electron chi connectivity index (χ0n) is 12.3. The number of carbonyl (C=O) groups excluding carboxylic acids is 2. The van der Waals surface area contributed by atoms with E-state index < -0.39 is 0 Å². The second-order valence-electron chi connectivity index (χ2n) is 4.70. The maximum Gasteiger partial charge on any atom is 0.259 e. The Balaban J connectivity index is 2.18. The number of hydrogen-bond acceptors (Lipinski definition) is 3. The molecule has 0 aliphatic carbocycles. The van der Waals surface area contributed by atoms with Gasteiger partial charge in [-0.05, 0) is 39.0 Å². The van der Waals surface area contributed by atoms with Crippen LogP contribution >= 0.6 is 0 Å². The van der Waals surface area contributed by atoms with E-state index in [0.717, 1.165) is 0 Å². The van der Waals surface area contributed by atoms with Gasteiger partial charge >= 0.3 is 0 Å². The third-order valence-electron chi connectivity index (χ3n) is 3.08. The summed E-state index contributed by atoms with van der Waals surface area (Å²) < 4.78 is 0. The first-order valence-corrected chi connectivity index (χ1v) is 6.74. The van der Waals surface area contributed by atoms with Gasteiger partial charge in [0.05, 0.1) is 11.3 Å². The lowest BCUT2D eigenvalue weighted by atomic mass is 10.1. The van der Waals surface area contributed by atoms with Crippen LogP contribution in [0.15, 0.2) is 24.3 Å². The van der Waals surface area contributed by atoms with Crippen molar-refractivity contribution in [3.05, 3.63) is 46.8 Å². The quantitative estimate of drug-likeness (QED) is 0.803. The molecular formula is C15H18N4O2. The van der Waals surface area contributed by atoms with E-state index in [2.05, 4.69) is 20.8 Å². The molecule has 1 aromatic carbocycles. The van der Waals surface area contributed by atoms with Crippen molar-refractivity contribution in [2.75, 3.05) is 11.9 Å². The summed E-state index contributed by atoms with van der Waals surface area (Å²) >= 11 is 0. The topological polar surface area (TPSA) is 86.9 Å². The molecule has 2 rings (SSSR count). The molecule has 0 unspecified atom stereocenters. The van der Waals surface area contributed by atoms with Crippen molar-refractivity contribution in [1.29, 1.82) is 0 Å². The van der Waals surface area contributed by atoms with Crippen molar-refractivity contribution in [3.8, 4) is 0 Å². The number of nitrogens with zero attached hydrogens (tertiary/aromatic N) is 1. The third kappa shape index (κ3) is 3.28. The fourth-order valence-corrected chi connectivity index (χ4v) is 2.08. The van der Waals surface area contributed by atoms with Crippen LogP contribution in [0.1, 0.15) is 39.0 Å². The monoisotopic (exact) mass is 286 g/mol. The maximum atomic E-state index is 12.3. The molecule has 2 aromatic rings. The lowest BCUT2D eigenvalue weighted by molar-refractivity contribution is 0.0954. The summed E-state index contributed by atoms with van der Waals surface area (Å²) in [5, 5.41) is 12.3. The number of amides is 2. The van der Waals surface area contributed by atoms with Gasteiger partial charge in [-0.1, -0.05) is 6.07 Å². The number of benzene rings is 1. The van der Waals surface area contributed by atoms with Gasteiger partial charge in [-0.2, -0.15) is 5.10 Å². The number of carbonyl (C=O) groups is 2. The SMILES string of the molecule is CCNC(=O)c1cccc(NC(=O)c2c(C)n[nH]c2C)c1. The van der Waals surface area contributed by atoms with E-state index in [1.54, 1.807) is 38.1 Å². The fourth-order valence-electron chi connectivity index (χ4n) is 2.08. The number of aryl methyl sites for hydroxylation is 2. The van der Waals surface area contributed by atoms with Gasteiger partial charge in [0, 0.05) is 23.5 Å². The Morgan fingerprint density at radius 2 is 2.00 bits per heavy atom. The zero-order chi connectivity index (χ0) is 15.4. The zero-order valence-corrected chi connectivity index (χ0v) is 12.3. The minimum absolute atomic E-state index is 0.163. The second-order valence-corrected chi connectivity index (χ2v) is 4.70. The predicted octanol–water partition coefficient (Wildman–Crippen LogP) is 2.03. The van der Waals surface area contributed by atoms with Crippen LogP contribution < -0.4 is 10.6 Å². The van der Waals surface area contributed by atoms with Crippen molar-refractivity contribution in [3.63, 3.8) is 0 Å². The number of rotatable bonds is 4. The van der Waals surface area contributed by atoms with Gasteiger partial charge in [-0.3, -0.25) is 14.7 Å². The summed E-state index contributed by atoms with van der Waals surface area (Å²) in [6.45, 7) is 5.97. The van der Waals surface area contributed by atoms with Crippen molar-refractivity contribution >= 4 is 17.5 Å². The van der Waals surface area contributed by atoms with Crippen molar-refractivity contribution in [2.45, 2.75) is 20.8 Å². The van der Waals surface area contributed by atoms with Gasteiger partial charge in [-0.15, -0.1) is 0 Å². The Morgan fingerprint density at radius 3 is 2.62 bits per heavy atom. The molecule has 6 heteroatoms. The number of aromatic nitrogens is 2. The molecule has 1 heterocycles. The van der Waals surface area contributed by atoms with Crippen molar-refractivity contribution in [2.24, 2.45) is 0 Å². The molecule has 0 saturated heterocycles. The summed E-state index contributed by atoms with van der Waals surface area (Å²) in [6.07, 6.45) is 0. The van der Waals surface area contributed by atoms with E-state index in [9.17, 15) is 9.59 Å². The Morgan fingerprint density at radius 1 is 1.24 bits per heavy atom. The van der Waals surface area contributed by atoms with Crippen LogP contribution in [0.3, 0.4) is 0 Å². The van der Waals surface area contributed by atoms with Crippen LogP contribution in [-0.2, 0) is 0 Å². The van der Waals surface area contributed by atoms with Crippen molar-refractivity contribution < 1.29 is 9.59 Å². The first-order valence-electron chi connectivity index (χ1n) is 6.74. The van der Waals surface area contributed by atoms with Gasteiger partial charge in [0.2, 0.25) is 0 Å². The molecule has 0 aliphatic heterocycles. The molecule has 0 fully saturated rings. The number of anilines is 1. The molecule has 110 valence electrons. The van der Waals surface area contributed by atoms with Crippen molar-refractivity contribution in [1.82, 2.24) is 15.5 Å². The first kappa shape index (κ1) is 14.8. The molecule has 2 amide bonds. The largest absolute Gasteiger partial charge is 0.352 e. The van der Waals surface area contributed by atoms with E-state index in [0.29, 0.717) is 34.7 Å². The van der Waals surface area contributed by atoms with E-state index in [4.69, 9.17) is 0 Å². The summed E-state index contributed by atoms with van der Waals surface area (Å²) in [5.74, 6) is -0.406. The Labute approximate surface area is 122 Å². The van der Waals surface area contributed by atoms with E-state index >= 15 is 0 Å². The third-order valence-corrected chi connectivity index (χ3v) is 3.08. The molecule has 0 aliphatic rings. The minimum atomic E-state index is -0.244. The summed E-state index contributed by atoms with van der Waals surface area (Å²) in [6, 6.07) is 6.82. The normalized spacial score (nSPS) is 10.2. The first-order chi connectivity index (χ1) is 10.0. The highest BCUT2D eigenvalue weighted by atomic mass is 16.2. The van der Waals surface area contributed by atoms with Gasteiger partial charge < -0.3 is 10.6 Å². The highest BCUT2D eigenvalue weighted by molar-refractivity contribution is 6.06. The average molecular weight is 286 g/mol. The lowest BCUT2D eigenvalue weighted by Crippen LogP contribution is -2.22. The van der Waals surface area contributed by atoms with Gasteiger partial charge in [0.25, 0.3) is 11.8 Å². The molecule has 21 heavy (non-hydrogen) atoms. The molecule has 0 bridgehead atoms. The highest BCUT2D eigenvalue weighted by Gasteiger charge is 2.15. The van der Waals surface area contributed by atoms with Crippen LogP contribution in [0.4, 0.5) is 5.69 Å². The van der Waals surface area contributed by atoms with E-state index in [1.165, 1.54) is 0 Å². The van der Waals surface area contributed by atoms with Gasteiger partial charge in [0.1, 0.15) is 0 Å². The average Bonchev–Trinajstić information content (AvgIpc) is 2.78. The molecule has 1 aromatic heterocycles. The summed E-state index contributed by atoms with van der Waals surface area (Å²) in [5.41, 5.74) is 2.97. The number of H-pyrrole nitrogens is 1. The molecule has 6 nitrogen and oxygen atoms in total. The Hall–Kier alpha value is -2.63.